The second kappa shape index (κ2) is 3.81. The smallest absolute Gasteiger partial charge is 0.308 e. The summed E-state index contributed by atoms with van der Waals surface area (Å²) < 4.78 is 5.20. The predicted molar refractivity (Wildman–Crippen MR) is 56.3 cm³/mol. The molecule has 0 radical (unpaired) electrons. The van der Waals surface area contributed by atoms with Gasteiger partial charge >= 0.3 is 5.97 Å². The zero-order valence-corrected chi connectivity index (χ0v) is 8.49. The summed E-state index contributed by atoms with van der Waals surface area (Å²) in [5, 5.41) is 12.0. The lowest BCUT2D eigenvalue weighted by atomic mass is 9.94. The van der Waals surface area contributed by atoms with Gasteiger partial charge in [0.05, 0.1) is 18.7 Å². The number of hydrogen-bond donors (Lipinski definition) is 2. The Labute approximate surface area is 87.9 Å². The summed E-state index contributed by atoms with van der Waals surface area (Å²) in [4.78, 5) is 10.8. The summed E-state index contributed by atoms with van der Waals surface area (Å²) in [7, 11) is 1.61. The topological polar surface area (TPSA) is 58.6 Å². The fourth-order valence-electron chi connectivity index (χ4n) is 1.85. The Balaban J connectivity index is 2.31. The van der Waals surface area contributed by atoms with Crippen LogP contribution in [0.25, 0.3) is 0 Å². The highest BCUT2D eigenvalue weighted by molar-refractivity contribution is 5.74. The van der Waals surface area contributed by atoms with Crippen LogP contribution in [0.4, 0.5) is 5.69 Å². The van der Waals surface area contributed by atoms with Gasteiger partial charge in [0.15, 0.2) is 0 Å². The second-order valence-corrected chi connectivity index (χ2v) is 3.61. The Morgan fingerprint density at radius 1 is 1.60 bits per heavy atom. The maximum atomic E-state index is 10.8. The highest BCUT2D eigenvalue weighted by Crippen LogP contribution is 2.33. The maximum Gasteiger partial charge on any atom is 0.308 e. The number of carboxylic acids is 1. The van der Waals surface area contributed by atoms with E-state index in [9.17, 15) is 4.79 Å². The van der Waals surface area contributed by atoms with Gasteiger partial charge in [-0.05, 0) is 18.1 Å². The first-order valence-electron chi connectivity index (χ1n) is 4.85. The molecule has 0 aromatic heterocycles. The van der Waals surface area contributed by atoms with Gasteiger partial charge in [-0.1, -0.05) is 12.1 Å². The molecular weight excluding hydrogens is 194 g/mol. The summed E-state index contributed by atoms with van der Waals surface area (Å²) in [5.74, 6) is -0.322. The average Bonchev–Trinajstić information content (AvgIpc) is 2.27. The van der Waals surface area contributed by atoms with Crippen molar-refractivity contribution in [1.29, 1.82) is 0 Å². The molecule has 1 aromatic rings. The van der Waals surface area contributed by atoms with Crippen LogP contribution in [0.15, 0.2) is 18.2 Å². The van der Waals surface area contributed by atoms with Crippen molar-refractivity contribution in [1.82, 2.24) is 0 Å². The minimum absolute atomic E-state index is 0.343. The van der Waals surface area contributed by atoms with Gasteiger partial charge in [-0.15, -0.1) is 0 Å². The molecule has 1 aliphatic rings. The lowest BCUT2D eigenvalue weighted by molar-refractivity contribution is -0.141. The van der Waals surface area contributed by atoms with Gasteiger partial charge in [0.1, 0.15) is 5.75 Å². The van der Waals surface area contributed by atoms with Crippen LogP contribution < -0.4 is 10.1 Å². The fraction of sp³-hybridized carbons (Fsp3) is 0.364. The molecular formula is C11H13NO3. The molecule has 80 valence electrons. The Hall–Kier alpha value is -1.71. The largest absolute Gasteiger partial charge is 0.495 e. The predicted octanol–water partition coefficient (Wildman–Crippen LogP) is 1.36. The van der Waals surface area contributed by atoms with E-state index >= 15 is 0 Å². The SMILES string of the molecule is COc1cccc2c1NC[C@@H](C(=O)O)C2. The average molecular weight is 207 g/mol. The number of benzene rings is 1. The van der Waals surface area contributed by atoms with Crippen molar-refractivity contribution in [2.75, 3.05) is 19.0 Å². The van der Waals surface area contributed by atoms with Crippen molar-refractivity contribution in [3.63, 3.8) is 0 Å². The number of carboxylic acid groups (broad SMARTS) is 1. The molecule has 2 rings (SSSR count). The summed E-state index contributed by atoms with van der Waals surface area (Å²) in [5.41, 5.74) is 1.94. The highest BCUT2D eigenvalue weighted by Gasteiger charge is 2.25. The van der Waals surface area contributed by atoms with Crippen molar-refractivity contribution < 1.29 is 14.6 Å². The second-order valence-electron chi connectivity index (χ2n) is 3.61. The number of aliphatic carboxylic acids is 1. The number of rotatable bonds is 2. The van der Waals surface area contributed by atoms with E-state index < -0.39 is 5.97 Å². The molecule has 4 nitrogen and oxygen atoms in total. The van der Waals surface area contributed by atoms with E-state index in [2.05, 4.69) is 5.32 Å². The number of methoxy groups -OCH3 is 1. The number of carbonyl (C=O) groups is 1. The van der Waals surface area contributed by atoms with E-state index in [-0.39, 0.29) is 5.92 Å². The van der Waals surface area contributed by atoms with E-state index in [1.807, 2.05) is 18.2 Å². The molecule has 1 aliphatic heterocycles. The summed E-state index contributed by atoms with van der Waals surface area (Å²) >= 11 is 0. The van der Waals surface area contributed by atoms with Crippen molar-refractivity contribution in [2.45, 2.75) is 6.42 Å². The Morgan fingerprint density at radius 2 is 2.40 bits per heavy atom. The molecule has 1 atom stereocenters. The van der Waals surface area contributed by atoms with E-state index in [1.54, 1.807) is 7.11 Å². The van der Waals surface area contributed by atoms with E-state index in [4.69, 9.17) is 9.84 Å². The van der Waals surface area contributed by atoms with Crippen LogP contribution in [0.3, 0.4) is 0 Å². The number of anilines is 1. The van der Waals surface area contributed by atoms with Crippen molar-refractivity contribution in [2.24, 2.45) is 5.92 Å². The van der Waals surface area contributed by atoms with Crippen LogP contribution in [0.2, 0.25) is 0 Å². The van der Waals surface area contributed by atoms with Crippen LogP contribution in [-0.4, -0.2) is 24.7 Å². The van der Waals surface area contributed by atoms with Gasteiger partial charge in [0.25, 0.3) is 0 Å². The first-order valence-corrected chi connectivity index (χ1v) is 4.85. The zero-order chi connectivity index (χ0) is 10.8. The minimum Gasteiger partial charge on any atom is -0.495 e. The van der Waals surface area contributed by atoms with Crippen molar-refractivity contribution in [3.8, 4) is 5.75 Å². The molecule has 0 aliphatic carbocycles. The lowest BCUT2D eigenvalue weighted by Crippen LogP contribution is -2.29. The number of hydrogen-bond acceptors (Lipinski definition) is 3. The normalized spacial score (nSPS) is 18.9. The maximum absolute atomic E-state index is 10.8. The van der Waals surface area contributed by atoms with Crippen molar-refractivity contribution in [3.05, 3.63) is 23.8 Å². The molecule has 2 N–H and O–H groups in total. The molecule has 0 saturated carbocycles. The Bertz CT molecular complexity index is 389. The zero-order valence-electron chi connectivity index (χ0n) is 8.49. The van der Waals surface area contributed by atoms with Crippen LogP contribution in [-0.2, 0) is 11.2 Å². The molecule has 0 spiro atoms. The minimum atomic E-state index is -0.754. The number of para-hydroxylation sites is 1. The number of fused-ring (bicyclic) bond motifs is 1. The number of ether oxygens (including phenoxy) is 1. The molecule has 1 aromatic carbocycles. The fourth-order valence-corrected chi connectivity index (χ4v) is 1.85. The summed E-state index contributed by atoms with van der Waals surface area (Å²) in [6.45, 7) is 0.461. The Kier molecular flexibility index (Phi) is 2.49. The highest BCUT2D eigenvalue weighted by atomic mass is 16.5. The van der Waals surface area contributed by atoms with Crippen LogP contribution in [0.1, 0.15) is 5.56 Å². The van der Waals surface area contributed by atoms with Gasteiger partial charge in [0, 0.05) is 6.54 Å². The third kappa shape index (κ3) is 1.75. The molecule has 0 bridgehead atoms. The van der Waals surface area contributed by atoms with Gasteiger partial charge in [-0.3, -0.25) is 4.79 Å². The van der Waals surface area contributed by atoms with Gasteiger partial charge in [-0.25, -0.2) is 0 Å². The van der Waals surface area contributed by atoms with Crippen molar-refractivity contribution >= 4 is 11.7 Å². The first-order chi connectivity index (χ1) is 7.22. The third-order valence-electron chi connectivity index (χ3n) is 2.67. The summed E-state index contributed by atoms with van der Waals surface area (Å²) in [6.07, 6.45) is 0.564. The van der Waals surface area contributed by atoms with Gasteiger partial charge < -0.3 is 15.2 Å². The third-order valence-corrected chi connectivity index (χ3v) is 2.67. The van der Waals surface area contributed by atoms with Gasteiger partial charge in [-0.2, -0.15) is 0 Å². The number of nitrogens with one attached hydrogen (secondary N) is 1. The molecule has 4 heteroatoms. The molecule has 0 unspecified atom stereocenters. The van der Waals surface area contributed by atoms with E-state index in [1.165, 1.54) is 0 Å². The molecule has 15 heavy (non-hydrogen) atoms. The van der Waals surface area contributed by atoms with E-state index in [0.29, 0.717) is 13.0 Å². The first kappa shape index (κ1) is 9.83. The van der Waals surface area contributed by atoms with Gasteiger partial charge in [0.2, 0.25) is 0 Å². The van der Waals surface area contributed by atoms with Crippen LogP contribution in [0, 0.1) is 5.92 Å². The molecule has 0 saturated heterocycles. The molecule has 1 heterocycles. The summed E-state index contributed by atoms with van der Waals surface area (Å²) in [6, 6.07) is 5.68. The quantitative estimate of drug-likeness (QED) is 0.768. The van der Waals surface area contributed by atoms with Crippen LogP contribution >= 0.6 is 0 Å². The molecule has 0 amide bonds. The standard InChI is InChI=1S/C11H13NO3/c1-15-9-4-2-3-7-5-8(11(13)14)6-12-10(7)9/h2-4,8,12H,5-6H2,1H3,(H,13,14)/t8-/m0/s1. The lowest BCUT2D eigenvalue weighted by Gasteiger charge is -2.24. The van der Waals surface area contributed by atoms with Crippen LogP contribution in [0.5, 0.6) is 5.75 Å². The monoisotopic (exact) mass is 207 g/mol. The van der Waals surface area contributed by atoms with E-state index in [0.717, 1.165) is 17.0 Å². The Morgan fingerprint density at radius 3 is 3.07 bits per heavy atom. The molecule has 0 fully saturated rings.